The second-order valence-electron chi connectivity index (χ2n) is 5.39. The molecular formula is C16H20ClN3. The first kappa shape index (κ1) is 13.7. The Labute approximate surface area is 124 Å². The van der Waals surface area contributed by atoms with E-state index in [1.807, 2.05) is 23.9 Å². The van der Waals surface area contributed by atoms with Crippen molar-refractivity contribution in [2.75, 3.05) is 6.54 Å². The van der Waals surface area contributed by atoms with Crippen LogP contribution in [-0.4, -0.2) is 16.3 Å². The van der Waals surface area contributed by atoms with Crippen LogP contribution in [0.25, 0.3) is 5.69 Å². The number of hydrogen-bond acceptors (Lipinski definition) is 2. The summed E-state index contributed by atoms with van der Waals surface area (Å²) >= 11 is 6.24. The number of rotatable bonds is 3. The van der Waals surface area contributed by atoms with Crippen molar-refractivity contribution in [3.63, 3.8) is 0 Å². The summed E-state index contributed by atoms with van der Waals surface area (Å²) in [5.74, 6) is 0. The fraction of sp³-hybridized carbons (Fsp3) is 0.438. The molecule has 0 aliphatic heterocycles. The molecule has 0 spiro atoms. The summed E-state index contributed by atoms with van der Waals surface area (Å²) in [4.78, 5) is 0. The Bertz CT molecular complexity index is 618. The summed E-state index contributed by atoms with van der Waals surface area (Å²) in [6.45, 7) is 5.16. The fourth-order valence-corrected chi connectivity index (χ4v) is 3.13. The molecule has 3 nitrogen and oxygen atoms in total. The van der Waals surface area contributed by atoms with Crippen LogP contribution in [0.15, 0.2) is 24.4 Å². The van der Waals surface area contributed by atoms with E-state index in [4.69, 9.17) is 11.6 Å². The molecule has 0 saturated heterocycles. The Morgan fingerprint density at radius 2 is 2.30 bits per heavy atom. The van der Waals surface area contributed by atoms with Crippen LogP contribution in [0.3, 0.4) is 0 Å². The van der Waals surface area contributed by atoms with Crippen LogP contribution in [0.5, 0.6) is 0 Å². The van der Waals surface area contributed by atoms with E-state index in [1.165, 1.54) is 24.1 Å². The third kappa shape index (κ3) is 2.36. The van der Waals surface area contributed by atoms with Crippen LogP contribution in [0.4, 0.5) is 0 Å². The summed E-state index contributed by atoms with van der Waals surface area (Å²) in [7, 11) is 0. The lowest BCUT2D eigenvalue weighted by molar-refractivity contribution is 0.467. The van der Waals surface area contributed by atoms with E-state index in [1.54, 1.807) is 0 Å². The zero-order chi connectivity index (χ0) is 14.1. The molecule has 1 aliphatic carbocycles. The minimum atomic E-state index is 0.443. The Balaban J connectivity index is 2.01. The fourth-order valence-electron chi connectivity index (χ4n) is 2.95. The average molecular weight is 290 g/mol. The van der Waals surface area contributed by atoms with Crippen LogP contribution >= 0.6 is 11.6 Å². The monoisotopic (exact) mass is 289 g/mol. The molecule has 1 aromatic carbocycles. The van der Waals surface area contributed by atoms with Crippen molar-refractivity contribution >= 4 is 11.6 Å². The number of hydrogen-bond donors (Lipinski definition) is 1. The molecule has 1 aliphatic rings. The first-order valence-electron chi connectivity index (χ1n) is 7.27. The first-order valence-corrected chi connectivity index (χ1v) is 7.65. The Morgan fingerprint density at radius 1 is 1.45 bits per heavy atom. The van der Waals surface area contributed by atoms with Gasteiger partial charge in [0.15, 0.2) is 0 Å². The van der Waals surface area contributed by atoms with Gasteiger partial charge in [-0.25, -0.2) is 4.68 Å². The number of fused-ring (bicyclic) bond motifs is 1. The van der Waals surface area contributed by atoms with Gasteiger partial charge < -0.3 is 5.32 Å². The summed E-state index contributed by atoms with van der Waals surface area (Å²) < 4.78 is 2.05. The molecule has 1 heterocycles. The SMILES string of the molecule is CCNC1CCCc2c1cnn2-c1ccc(C)c(Cl)c1. The van der Waals surface area contributed by atoms with Gasteiger partial charge in [-0.1, -0.05) is 24.6 Å². The second kappa shape index (κ2) is 5.58. The molecule has 1 atom stereocenters. The topological polar surface area (TPSA) is 29.9 Å². The van der Waals surface area contributed by atoms with Crippen LogP contribution in [0.2, 0.25) is 5.02 Å². The molecular weight excluding hydrogens is 270 g/mol. The molecule has 20 heavy (non-hydrogen) atoms. The molecule has 0 bridgehead atoms. The van der Waals surface area contributed by atoms with Gasteiger partial charge in [0.05, 0.1) is 11.9 Å². The highest BCUT2D eigenvalue weighted by Crippen LogP contribution is 2.31. The largest absolute Gasteiger partial charge is 0.310 e. The molecule has 106 valence electrons. The molecule has 0 saturated carbocycles. The first-order chi connectivity index (χ1) is 9.70. The highest BCUT2D eigenvalue weighted by molar-refractivity contribution is 6.31. The highest BCUT2D eigenvalue weighted by atomic mass is 35.5. The van der Waals surface area contributed by atoms with E-state index in [9.17, 15) is 0 Å². The van der Waals surface area contributed by atoms with Crippen LogP contribution < -0.4 is 5.32 Å². The van der Waals surface area contributed by atoms with Crippen molar-refractivity contribution in [1.29, 1.82) is 0 Å². The van der Waals surface area contributed by atoms with Gasteiger partial charge in [-0.15, -0.1) is 0 Å². The predicted molar refractivity (Wildman–Crippen MR) is 82.7 cm³/mol. The van der Waals surface area contributed by atoms with Gasteiger partial charge in [-0.05, 0) is 50.4 Å². The quantitative estimate of drug-likeness (QED) is 0.931. The van der Waals surface area contributed by atoms with Gasteiger partial charge in [0.25, 0.3) is 0 Å². The smallest absolute Gasteiger partial charge is 0.0663 e. The van der Waals surface area contributed by atoms with Gasteiger partial charge in [0.2, 0.25) is 0 Å². The molecule has 1 N–H and O–H groups in total. The van der Waals surface area contributed by atoms with Crippen molar-refractivity contribution in [2.45, 2.75) is 39.2 Å². The van der Waals surface area contributed by atoms with Crippen molar-refractivity contribution in [3.05, 3.63) is 46.2 Å². The zero-order valence-corrected chi connectivity index (χ0v) is 12.7. The van der Waals surface area contributed by atoms with Crippen molar-refractivity contribution in [3.8, 4) is 5.69 Å². The maximum Gasteiger partial charge on any atom is 0.0663 e. The van der Waals surface area contributed by atoms with Crippen LogP contribution in [0, 0.1) is 6.92 Å². The molecule has 4 heteroatoms. The molecule has 0 fully saturated rings. The minimum Gasteiger partial charge on any atom is -0.310 e. The summed E-state index contributed by atoms with van der Waals surface area (Å²) in [6.07, 6.45) is 5.50. The number of halogens is 1. The lowest BCUT2D eigenvalue weighted by Gasteiger charge is -2.23. The molecule has 0 radical (unpaired) electrons. The normalized spacial score (nSPS) is 18.1. The molecule has 1 aromatic heterocycles. The van der Waals surface area contributed by atoms with Crippen LogP contribution in [0.1, 0.15) is 42.6 Å². The lowest BCUT2D eigenvalue weighted by Crippen LogP contribution is -2.24. The number of nitrogens with zero attached hydrogens (tertiary/aromatic N) is 2. The van der Waals surface area contributed by atoms with E-state index in [2.05, 4.69) is 29.5 Å². The maximum absolute atomic E-state index is 6.24. The number of aryl methyl sites for hydroxylation is 1. The Hall–Kier alpha value is -1.32. The minimum absolute atomic E-state index is 0.443. The van der Waals surface area contributed by atoms with Crippen LogP contribution in [-0.2, 0) is 6.42 Å². The predicted octanol–water partition coefficient (Wildman–Crippen LogP) is 3.82. The van der Waals surface area contributed by atoms with E-state index >= 15 is 0 Å². The number of aromatic nitrogens is 2. The van der Waals surface area contributed by atoms with Gasteiger partial charge in [0.1, 0.15) is 0 Å². The average Bonchev–Trinajstić information content (AvgIpc) is 2.87. The zero-order valence-electron chi connectivity index (χ0n) is 12.0. The highest BCUT2D eigenvalue weighted by Gasteiger charge is 2.24. The third-order valence-electron chi connectivity index (χ3n) is 4.03. The van der Waals surface area contributed by atoms with Gasteiger partial charge >= 0.3 is 0 Å². The van der Waals surface area contributed by atoms with Gasteiger partial charge in [0, 0.05) is 22.3 Å². The van der Waals surface area contributed by atoms with Gasteiger partial charge in [-0.2, -0.15) is 5.10 Å². The van der Waals surface area contributed by atoms with E-state index in [0.29, 0.717) is 6.04 Å². The summed E-state index contributed by atoms with van der Waals surface area (Å²) in [6, 6.07) is 6.58. The number of nitrogens with one attached hydrogen (secondary N) is 1. The standard InChI is InChI=1S/C16H20ClN3/c1-3-18-15-5-4-6-16-13(15)10-19-20(16)12-8-7-11(2)14(17)9-12/h7-10,15,18H,3-6H2,1-2H3. The Morgan fingerprint density at radius 3 is 3.05 bits per heavy atom. The summed E-state index contributed by atoms with van der Waals surface area (Å²) in [5.41, 5.74) is 4.82. The molecule has 2 aromatic rings. The van der Waals surface area contributed by atoms with Crippen molar-refractivity contribution in [2.24, 2.45) is 0 Å². The van der Waals surface area contributed by atoms with Crippen molar-refractivity contribution < 1.29 is 0 Å². The van der Waals surface area contributed by atoms with E-state index < -0.39 is 0 Å². The van der Waals surface area contributed by atoms with E-state index in [-0.39, 0.29) is 0 Å². The lowest BCUT2D eigenvalue weighted by atomic mass is 9.93. The Kier molecular flexibility index (Phi) is 3.81. The molecule has 1 unspecified atom stereocenters. The maximum atomic E-state index is 6.24. The van der Waals surface area contributed by atoms with E-state index in [0.717, 1.165) is 29.2 Å². The van der Waals surface area contributed by atoms with Gasteiger partial charge in [-0.3, -0.25) is 0 Å². The van der Waals surface area contributed by atoms with Crippen molar-refractivity contribution in [1.82, 2.24) is 15.1 Å². The molecule has 0 amide bonds. The third-order valence-corrected chi connectivity index (χ3v) is 4.44. The second-order valence-corrected chi connectivity index (χ2v) is 5.80. The molecule has 3 rings (SSSR count). The number of benzene rings is 1. The summed E-state index contributed by atoms with van der Waals surface area (Å²) in [5, 5.41) is 8.93.